The number of benzene rings is 2. The number of hydrogen-bond donors (Lipinski definition) is 1. The third-order valence-corrected chi connectivity index (χ3v) is 6.98. The van der Waals surface area contributed by atoms with Gasteiger partial charge in [-0.05, 0) is 74.9 Å². The van der Waals surface area contributed by atoms with Crippen LogP contribution in [0.1, 0.15) is 62.0 Å². The predicted molar refractivity (Wildman–Crippen MR) is 141 cm³/mol. The molecule has 0 aliphatic heterocycles. The first-order valence-electron chi connectivity index (χ1n) is 11.9. The highest BCUT2D eigenvalue weighted by Gasteiger charge is 2.26. The molecule has 0 saturated carbocycles. The molecular weight excluding hydrogens is 476 g/mol. The molecule has 36 heavy (non-hydrogen) atoms. The second kappa shape index (κ2) is 11.8. The molecule has 1 aliphatic carbocycles. The number of aliphatic imine (C=N–C) groups is 1. The molecule has 1 aliphatic rings. The van der Waals surface area contributed by atoms with Gasteiger partial charge in [-0.1, -0.05) is 29.8 Å². The zero-order valence-corrected chi connectivity index (χ0v) is 21.2. The third-order valence-electron chi connectivity index (χ3n) is 5.78. The van der Waals surface area contributed by atoms with Crippen molar-refractivity contribution in [2.24, 2.45) is 4.99 Å². The Morgan fingerprint density at radius 2 is 1.69 bits per heavy atom. The summed E-state index contributed by atoms with van der Waals surface area (Å²) < 4.78 is 10.4. The summed E-state index contributed by atoms with van der Waals surface area (Å²) in [6.45, 7) is 3.69. The Balaban J connectivity index is 1.37. The number of esters is 2. The molecule has 1 N–H and O–H groups in total. The minimum absolute atomic E-state index is 0.317. The van der Waals surface area contributed by atoms with E-state index in [1.54, 1.807) is 60.9 Å². The van der Waals surface area contributed by atoms with Gasteiger partial charge in [-0.3, -0.25) is 4.79 Å². The zero-order valence-electron chi connectivity index (χ0n) is 20.3. The van der Waals surface area contributed by atoms with Crippen LogP contribution in [0.15, 0.2) is 53.5 Å². The summed E-state index contributed by atoms with van der Waals surface area (Å²) in [6, 6.07) is 14.1. The van der Waals surface area contributed by atoms with Crippen LogP contribution < -0.4 is 5.32 Å². The molecule has 0 bridgehead atoms. The van der Waals surface area contributed by atoms with Gasteiger partial charge in [0.05, 0.1) is 17.7 Å². The van der Waals surface area contributed by atoms with Crippen LogP contribution in [0.2, 0.25) is 0 Å². The molecule has 2 aromatic carbocycles. The van der Waals surface area contributed by atoms with Crippen molar-refractivity contribution in [2.45, 2.75) is 39.5 Å². The maximum atomic E-state index is 12.6. The van der Waals surface area contributed by atoms with Gasteiger partial charge in [0.15, 0.2) is 6.61 Å². The SMILES string of the molecule is CCOC(=O)c1c(N=Cc2ccc(C(=O)OCC(=O)Nc3ccc(C)cc3)cc2)sc2c1CCCC2. The van der Waals surface area contributed by atoms with E-state index < -0.39 is 11.9 Å². The highest BCUT2D eigenvalue weighted by atomic mass is 32.1. The van der Waals surface area contributed by atoms with Crippen LogP contribution in [0.3, 0.4) is 0 Å². The lowest BCUT2D eigenvalue weighted by molar-refractivity contribution is -0.119. The normalized spacial score (nSPS) is 12.7. The fourth-order valence-corrected chi connectivity index (χ4v) is 5.16. The van der Waals surface area contributed by atoms with Crippen LogP contribution >= 0.6 is 11.3 Å². The molecule has 0 atom stereocenters. The lowest BCUT2D eigenvalue weighted by Crippen LogP contribution is -2.20. The number of aryl methyl sites for hydroxylation is 2. The first kappa shape index (κ1) is 25.3. The smallest absolute Gasteiger partial charge is 0.341 e. The number of nitrogens with zero attached hydrogens (tertiary/aromatic N) is 1. The molecule has 186 valence electrons. The number of thiophene rings is 1. The number of anilines is 1. The predicted octanol–water partition coefficient (Wildman–Crippen LogP) is 5.66. The maximum absolute atomic E-state index is 12.6. The summed E-state index contributed by atoms with van der Waals surface area (Å²) in [5.74, 6) is -1.33. The van der Waals surface area contributed by atoms with Crippen molar-refractivity contribution >= 4 is 46.1 Å². The van der Waals surface area contributed by atoms with Gasteiger partial charge in [0.2, 0.25) is 0 Å². The van der Waals surface area contributed by atoms with Crippen molar-refractivity contribution in [3.05, 3.63) is 81.2 Å². The number of amides is 1. The summed E-state index contributed by atoms with van der Waals surface area (Å²) in [5, 5.41) is 3.35. The number of ether oxygens (including phenoxy) is 2. The van der Waals surface area contributed by atoms with Crippen molar-refractivity contribution < 1.29 is 23.9 Å². The van der Waals surface area contributed by atoms with Gasteiger partial charge in [-0.25, -0.2) is 14.6 Å². The highest BCUT2D eigenvalue weighted by molar-refractivity contribution is 7.16. The average molecular weight is 505 g/mol. The molecule has 0 spiro atoms. The fraction of sp³-hybridized carbons (Fsp3) is 0.286. The quantitative estimate of drug-likeness (QED) is 0.316. The van der Waals surface area contributed by atoms with Crippen molar-refractivity contribution in [1.82, 2.24) is 0 Å². The van der Waals surface area contributed by atoms with Gasteiger partial charge < -0.3 is 14.8 Å². The standard InChI is InChI=1S/C28H28N2O5S/c1-3-34-28(33)25-22-6-4-5-7-23(22)36-26(25)29-16-19-10-12-20(13-11-19)27(32)35-17-24(31)30-21-14-8-18(2)9-15-21/h8-16H,3-7,17H2,1-2H3,(H,30,31). The number of carbonyl (C=O) groups excluding carboxylic acids is 3. The average Bonchev–Trinajstić information content (AvgIpc) is 3.26. The Hall–Kier alpha value is -3.78. The van der Waals surface area contributed by atoms with Crippen LogP contribution in [0.5, 0.6) is 0 Å². The summed E-state index contributed by atoms with van der Waals surface area (Å²) in [6.07, 6.45) is 5.68. The third kappa shape index (κ3) is 6.26. The number of nitrogens with one attached hydrogen (secondary N) is 1. The molecule has 7 nitrogen and oxygen atoms in total. The van der Waals surface area contributed by atoms with Crippen LogP contribution in [-0.4, -0.2) is 37.3 Å². The molecule has 4 rings (SSSR count). The largest absolute Gasteiger partial charge is 0.462 e. The van der Waals surface area contributed by atoms with E-state index >= 15 is 0 Å². The van der Waals surface area contributed by atoms with Crippen molar-refractivity contribution in [3.63, 3.8) is 0 Å². The van der Waals surface area contributed by atoms with Gasteiger partial charge in [0.25, 0.3) is 5.91 Å². The van der Waals surface area contributed by atoms with E-state index in [-0.39, 0.29) is 12.6 Å². The van der Waals surface area contributed by atoms with Gasteiger partial charge in [-0.15, -0.1) is 11.3 Å². The molecule has 3 aromatic rings. The minimum atomic E-state index is -0.590. The Labute approximate surface area is 214 Å². The number of rotatable bonds is 8. The Bertz CT molecular complexity index is 1280. The Morgan fingerprint density at radius 1 is 0.972 bits per heavy atom. The Morgan fingerprint density at radius 3 is 2.42 bits per heavy atom. The number of hydrogen-bond acceptors (Lipinski definition) is 7. The molecule has 0 fully saturated rings. The van der Waals surface area contributed by atoms with Gasteiger partial charge in [-0.2, -0.15) is 0 Å². The number of carbonyl (C=O) groups is 3. The molecule has 0 saturated heterocycles. The van der Waals surface area contributed by atoms with Crippen molar-refractivity contribution in [1.29, 1.82) is 0 Å². The summed E-state index contributed by atoms with van der Waals surface area (Å²) in [5.41, 5.74) is 4.47. The van der Waals surface area contributed by atoms with Crippen LogP contribution in [-0.2, 0) is 27.1 Å². The van der Waals surface area contributed by atoms with Crippen LogP contribution in [0.25, 0.3) is 0 Å². The van der Waals surface area contributed by atoms with Crippen molar-refractivity contribution in [2.75, 3.05) is 18.5 Å². The molecule has 0 unspecified atom stereocenters. The van der Waals surface area contributed by atoms with E-state index in [2.05, 4.69) is 10.3 Å². The molecule has 8 heteroatoms. The van der Waals surface area contributed by atoms with Gasteiger partial charge in [0, 0.05) is 16.8 Å². The second-order valence-corrected chi connectivity index (χ2v) is 9.57. The molecule has 1 aromatic heterocycles. The van der Waals surface area contributed by atoms with E-state index in [9.17, 15) is 14.4 Å². The first-order valence-corrected chi connectivity index (χ1v) is 12.8. The van der Waals surface area contributed by atoms with E-state index in [1.807, 2.05) is 19.1 Å². The Kier molecular flexibility index (Phi) is 8.28. The lowest BCUT2D eigenvalue weighted by atomic mass is 9.95. The van der Waals surface area contributed by atoms with Crippen molar-refractivity contribution in [3.8, 4) is 0 Å². The first-order chi connectivity index (χ1) is 17.4. The summed E-state index contributed by atoms with van der Waals surface area (Å²) in [4.78, 5) is 42.8. The maximum Gasteiger partial charge on any atom is 0.341 e. The van der Waals surface area contributed by atoms with Gasteiger partial charge >= 0.3 is 11.9 Å². The number of fused-ring (bicyclic) bond motifs is 1. The summed E-state index contributed by atoms with van der Waals surface area (Å²) >= 11 is 1.54. The van der Waals surface area contributed by atoms with E-state index in [0.29, 0.717) is 28.4 Å². The fourth-order valence-electron chi connectivity index (χ4n) is 3.94. The lowest BCUT2D eigenvalue weighted by Gasteiger charge is -2.11. The van der Waals surface area contributed by atoms with Gasteiger partial charge in [0.1, 0.15) is 5.00 Å². The molecule has 1 amide bonds. The minimum Gasteiger partial charge on any atom is -0.462 e. The van der Waals surface area contributed by atoms with Crippen LogP contribution in [0.4, 0.5) is 10.7 Å². The summed E-state index contributed by atoms with van der Waals surface area (Å²) in [7, 11) is 0. The highest BCUT2D eigenvalue weighted by Crippen LogP contribution is 2.40. The zero-order chi connectivity index (χ0) is 25.5. The molecular formula is C28H28N2O5S. The topological polar surface area (TPSA) is 94.1 Å². The molecule has 0 radical (unpaired) electrons. The van der Waals surface area contributed by atoms with Crippen LogP contribution in [0, 0.1) is 6.92 Å². The van der Waals surface area contributed by atoms with E-state index in [0.717, 1.165) is 42.4 Å². The molecule has 1 heterocycles. The van der Waals surface area contributed by atoms with E-state index in [4.69, 9.17) is 9.47 Å². The second-order valence-electron chi connectivity index (χ2n) is 8.48. The monoisotopic (exact) mass is 504 g/mol. The van der Waals surface area contributed by atoms with E-state index in [1.165, 1.54) is 4.88 Å².